The average molecular weight is 272 g/mol. The third kappa shape index (κ3) is 1.72. The smallest absolute Gasteiger partial charge is 0.0702 e. The highest BCUT2D eigenvalue weighted by Crippen LogP contribution is 2.48. The minimum absolute atomic E-state index is 0.0332. The van der Waals surface area contributed by atoms with Crippen molar-refractivity contribution in [3.05, 3.63) is 72.2 Å². The molecular formula is C19H16N2. The van der Waals surface area contributed by atoms with Gasteiger partial charge in [-0.25, -0.2) is 0 Å². The lowest BCUT2D eigenvalue weighted by atomic mass is 9.85. The lowest BCUT2D eigenvalue weighted by Gasteiger charge is -2.20. The molecule has 2 aromatic heterocycles. The number of benzene rings is 1. The molecular weight excluding hydrogens is 256 g/mol. The normalized spacial score (nSPS) is 14.6. The van der Waals surface area contributed by atoms with Crippen molar-refractivity contribution in [3.8, 4) is 22.4 Å². The number of hydrogen-bond donors (Lipinski definition) is 0. The standard InChI is InChI=1S/C19H16N2/c1-19(2)16-9-8-13(17-7-3-4-10-20-17)12-15(16)14-6-5-11-21-18(14)19/h3-12H,1-2H3. The Kier molecular flexibility index (Phi) is 2.49. The topological polar surface area (TPSA) is 25.8 Å². The van der Waals surface area contributed by atoms with E-state index >= 15 is 0 Å². The number of hydrogen-bond acceptors (Lipinski definition) is 2. The summed E-state index contributed by atoms with van der Waals surface area (Å²) in [7, 11) is 0. The van der Waals surface area contributed by atoms with E-state index in [0.717, 1.165) is 17.0 Å². The van der Waals surface area contributed by atoms with Crippen LogP contribution in [0, 0.1) is 0 Å². The molecule has 0 atom stereocenters. The van der Waals surface area contributed by atoms with Gasteiger partial charge in [-0.1, -0.05) is 38.1 Å². The molecule has 3 aromatic rings. The highest BCUT2D eigenvalue weighted by Gasteiger charge is 2.36. The van der Waals surface area contributed by atoms with E-state index in [0.29, 0.717) is 0 Å². The summed E-state index contributed by atoms with van der Waals surface area (Å²) in [4.78, 5) is 9.06. The van der Waals surface area contributed by atoms with E-state index in [-0.39, 0.29) is 5.41 Å². The highest BCUT2D eigenvalue weighted by molar-refractivity contribution is 5.82. The fourth-order valence-corrected chi connectivity index (χ4v) is 3.25. The first-order chi connectivity index (χ1) is 10.2. The van der Waals surface area contributed by atoms with Crippen LogP contribution in [0.2, 0.25) is 0 Å². The Morgan fingerprint density at radius 1 is 0.810 bits per heavy atom. The molecule has 0 saturated heterocycles. The van der Waals surface area contributed by atoms with Crippen LogP contribution in [-0.2, 0) is 5.41 Å². The Balaban J connectivity index is 1.96. The molecule has 2 heterocycles. The van der Waals surface area contributed by atoms with Gasteiger partial charge in [0.05, 0.1) is 11.4 Å². The maximum absolute atomic E-state index is 4.61. The molecule has 0 fully saturated rings. The van der Waals surface area contributed by atoms with Crippen LogP contribution in [0.15, 0.2) is 60.9 Å². The van der Waals surface area contributed by atoms with Gasteiger partial charge in [0.25, 0.3) is 0 Å². The molecule has 0 unspecified atom stereocenters. The molecule has 1 aliphatic rings. The molecule has 0 bridgehead atoms. The van der Waals surface area contributed by atoms with Gasteiger partial charge >= 0.3 is 0 Å². The quantitative estimate of drug-likeness (QED) is 0.654. The van der Waals surface area contributed by atoms with Crippen molar-refractivity contribution in [1.29, 1.82) is 0 Å². The molecule has 0 saturated carbocycles. The van der Waals surface area contributed by atoms with Crippen LogP contribution in [-0.4, -0.2) is 9.97 Å². The van der Waals surface area contributed by atoms with Crippen molar-refractivity contribution in [2.45, 2.75) is 19.3 Å². The second kappa shape index (κ2) is 4.26. The van der Waals surface area contributed by atoms with E-state index in [1.54, 1.807) is 0 Å². The van der Waals surface area contributed by atoms with Gasteiger partial charge in [0, 0.05) is 28.9 Å². The molecule has 2 nitrogen and oxygen atoms in total. The fourth-order valence-electron chi connectivity index (χ4n) is 3.25. The third-order valence-electron chi connectivity index (χ3n) is 4.34. The first-order valence-electron chi connectivity index (χ1n) is 7.20. The molecule has 1 aromatic carbocycles. The molecule has 0 amide bonds. The molecule has 0 N–H and O–H groups in total. The molecule has 0 radical (unpaired) electrons. The molecule has 0 spiro atoms. The van der Waals surface area contributed by atoms with E-state index in [1.165, 1.54) is 16.7 Å². The number of aromatic nitrogens is 2. The number of fused-ring (bicyclic) bond motifs is 3. The zero-order valence-corrected chi connectivity index (χ0v) is 12.2. The molecule has 21 heavy (non-hydrogen) atoms. The predicted molar refractivity (Wildman–Crippen MR) is 85.0 cm³/mol. The maximum Gasteiger partial charge on any atom is 0.0702 e. The number of nitrogens with zero attached hydrogens (tertiary/aromatic N) is 2. The summed E-state index contributed by atoms with van der Waals surface area (Å²) >= 11 is 0. The van der Waals surface area contributed by atoms with E-state index in [1.807, 2.05) is 36.7 Å². The summed E-state index contributed by atoms with van der Waals surface area (Å²) in [6.07, 6.45) is 3.72. The average Bonchev–Trinajstić information content (AvgIpc) is 2.77. The SMILES string of the molecule is CC1(C)c2ccc(-c3ccccn3)cc2-c2cccnc21. The Labute approximate surface area is 124 Å². The summed E-state index contributed by atoms with van der Waals surface area (Å²) in [5.41, 5.74) is 7.17. The number of pyridine rings is 2. The maximum atomic E-state index is 4.61. The van der Waals surface area contributed by atoms with Gasteiger partial charge in [-0.05, 0) is 35.4 Å². The van der Waals surface area contributed by atoms with Gasteiger partial charge in [-0.15, -0.1) is 0 Å². The van der Waals surface area contributed by atoms with Crippen LogP contribution in [0.1, 0.15) is 25.1 Å². The van der Waals surface area contributed by atoms with Crippen LogP contribution in [0.5, 0.6) is 0 Å². The summed E-state index contributed by atoms with van der Waals surface area (Å²) < 4.78 is 0. The Morgan fingerprint density at radius 2 is 1.67 bits per heavy atom. The van der Waals surface area contributed by atoms with E-state index in [4.69, 9.17) is 0 Å². The molecule has 0 aliphatic heterocycles. The van der Waals surface area contributed by atoms with Gasteiger partial charge in [0.15, 0.2) is 0 Å². The summed E-state index contributed by atoms with van der Waals surface area (Å²) in [6, 6.07) is 16.8. The Hall–Kier alpha value is -2.48. The second-order valence-corrected chi connectivity index (χ2v) is 6.00. The van der Waals surface area contributed by atoms with Crippen molar-refractivity contribution in [2.75, 3.05) is 0 Å². The monoisotopic (exact) mass is 272 g/mol. The fraction of sp³-hybridized carbons (Fsp3) is 0.158. The Bertz CT molecular complexity index is 820. The van der Waals surface area contributed by atoms with Crippen molar-refractivity contribution in [1.82, 2.24) is 9.97 Å². The Morgan fingerprint density at radius 3 is 2.48 bits per heavy atom. The first-order valence-corrected chi connectivity index (χ1v) is 7.20. The van der Waals surface area contributed by atoms with Gasteiger partial charge in [-0.2, -0.15) is 0 Å². The molecule has 4 rings (SSSR count). The van der Waals surface area contributed by atoms with Crippen molar-refractivity contribution in [2.24, 2.45) is 0 Å². The minimum Gasteiger partial charge on any atom is -0.260 e. The van der Waals surface area contributed by atoms with Gasteiger partial charge in [0.1, 0.15) is 0 Å². The van der Waals surface area contributed by atoms with Crippen molar-refractivity contribution < 1.29 is 0 Å². The van der Waals surface area contributed by atoms with Gasteiger partial charge < -0.3 is 0 Å². The highest BCUT2D eigenvalue weighted by atomic mass is 14.7. The summed E-state index contributed by atoms with van der Waals surface area (Å²) in [5.74, 6) is 0. The van der Waals surface area contributed by atoms with E-state index in [9.17, 15) is 0 Å². The minimum atomic E-state index is -0.0332. The van der Waals surface area contributed by atoms with E-state index in [2.05, 4.69) is 48.1 Å². The van der Waals surface area contributed by atoms with Crippen LogP contribution < -0.4 is 0 Å². The van der Waals surface area contributed by atoms with Gasteiger partial charge in [-0.3, -0.25) is 9.97 Å². The van der Waals surface area contributed by atoms with Crippen LogP contribution in [0.3, 0.4) is 0 Å². The number of rotatable bonds is 1. The lowest BCUT2D eigenvalue weighted by molar-refractivity contribution is 0.637. The summed E-state index contributed by atoms with van der Waals surface area (Å²) in [6.45, 7) is 4.48. The lowest BCUT2D eigenvalue weighted by Crippen LogP contribution is -2.16. The molecule has 1 aliphatic carbocycles. The predicted octanol–water partition coefficient (Wildman–Crippen LogP) is 4.45. The zero-order valence-electron chi connectivity index (χ0n) is 12.2. The molecule has 102 valence electrons. The second-order valence-electron chi connectivity index (χ2n) is 6.00. The van der Waals surface area contributed by atoms with Crippen LogP contribution in [0.4, 0.5) is 0 Å². The molecule has 2 heteroatoms. The van der Waals surface area contributed by atoms with Crippen LogP contribution >= 0.6 is 0 Å². The zero-order chi connectivity index (χ0) is 14.4. The van der Waals surface area contributed by atoms with Crippen molar-refractivity contribution >= 4 is 0 Å². The van der Waals surface area contributed by atoms with Gasteiger partial charge in [0.2, 0.25) is 0 Å². The van der Waals surface area contributed by atoms with Crippen LogP contribution in [0.25, 0.3) is 22.4 Å². The third-order valence-corrected chi connectivity index (χ3v) is 4.34. The van der Waals surface area contributed by atoms with Crippen molar-refractivity contribution in [3.63, 3.8) is 0 Å². The van der Waals surface area contributed by atoms with E-state index < -0.39 is 0 Å². The first kappa shape index (κ1) is 12.3. The summed E-state index contributed by atoms with van der Waals surface area (Å²) in [5, 5.41) is 0. The largest absolute Gasteiger partial charge is 0.260 e.